The van der Waals surface area contributed by atoms with E-state index in [0.717, 1.165) is 11.1 Å². The van der Waals surface area contributed by atoms with Gasteiger partial charge >= 0.3 is 0 Å². The number of aliphatic hydroxyl groups is 1. The quantitative estimate of drug-likeness (QED) is 0.594. The fourth-order valence-electron chi connectivity index (χ4n) is 2.43. The van der Waals surface area contributed by atoms with Gasteiger partial charge in [-0.05, 0) is 6.07 Å². The molecule has 1 unspecified atom stereocenters. The van der Waals surface area contributed by atoms with Crippen LogP contribution in [0.1, 0.15) is 10.5 Å². The molecule has 0 aliphatic carbocycles. The van der Waals surface area contributed by atoms with Crippen LogP contribution in [0.4, 0.5) is 0 Å². The Bertz CT molecular complexity index is 636. The molecule has 3 rings (SSSR count). The van der Waals surface area contributed by atoms with Crippen molar-refractivity contribution in [2.75, 3.05) is 32.9 Å². The highest BCUT2D eigenvalue weighted by molar-refractivity contribution is 5.92. The van der Waals surface area contributed by atoms with Crippen LogP contribution < -0.4 is 10.6 Å². The summed E-state index contributed by atoms with van der Waals surface area (Å²) < 4.78 is 5.37. The lowest BCUT2D eigenvalue weighted by Crippen LogP contribution is -2.62. The molecule has 122 valence electrons. The summed E-state index contributed by atoms with van der Waals surface area (Å²) in [7, 11) is 0. The van der Waals surface area contributed by atoms with Crippen LogP contribution in [0.25, 0.3) is 11.1 Å². The average molecular weight is 317 g/mol. The second kappa shape index (κ2) is 6.86. The average Bonchev–Trinajstić information content (AvgIpc) is 3.15. The first-order valence-corrected chi connectivity index (χ1v) is 7.39. The zero-order chi connectivity index (χ0) is 16.1. The second-order valence-corrected chi connectivity index (χ2v) is 5.52. The Morgan fingerprint density at radius 2 is 2.30 bits per heavy atom. The smallest absolute Gasteiger partial charge is 0.269 e. The molecule has 8 nitrogen and oxygen atoms in total. The second-order valence-electron chi connectivity index (χ2n) is 5.52. The summed E-state index contributed by atoms with van der Waals surface area (Å²) in [6.07, 6.45) is 5.08. The van der Waals surface area contributed by atoms with Crippen molar-refractivity contribution in [3.8, 4) is 11.1 Å². The van der Waals surface area contributed by atoms with Gasteiger partial charge in [0.15, 0.2) is 0 Å². The lowest BCUT2D eigenvalue weighted by molar-refractivity contribution is 0.0000118. The number of ether oxygens (including phenoxy) is 1. The molecule has 8 heteroatoms. The van der Waals surface area contributed by atoms with Crippen molar-refractivity contribution in [3.63, 3.8) is 0 Å². The Kier molecular flexibility index (Phi) is 4.65. The molecule has 1 atom stereocenters. The van der Waals surface area contributed by atoms with Crippen molar-refractivity contribution in [3.05, 3.63) is 36.4 Å². The summed E-state index contributed by atoms with van der Waals surface area (Å²) in [6, 6.07) is 3.48. The first kappa shape index (κ1) is 15.6. The molecule has 23 heavy (non-hydrogen) atoms. The van der Waals surface area contributed by atoms with Crippen LogP contribution in [0, 0.1) is 0 Å². The van der Waals surface area contributed by atoms with Gasteiger partial charge in [0.05, 0.1) is 31.6 Å². The number of H-pyrrole nitrogens is 1. The van der Waals surface area contributed by atoms with E-state index in [1.54, 1.807) is 24.7 Å². The van der Waals surface area contributed by atoms with E-state index in [2.05, 4.69) is 25.8 Å². The minimum Gasteiger partial charge on any atom is -0.394 e. The zero-order valence-electron chi connectivity index (χ0n) is 12.6. The number of carbonyl (C=O) groups is 1. The molecule has 3 heterocycles. The Balaban J connectivity index is 1.62. The molecule has 4 N–H and O–H groups in total. The van der Waals surface area contributed by atoms with Crippen molar-refractivity contribution in [1.82, 2.24) is 25.8 Å². The highest BCUT2D eigenvalue weighted by atomic mass is 16.5. The Hall–Kier alpha value is -2.29. The highest BCUT2D eigenvalue weighted by Gasteiger charge is 2.32. The summed E-state index contributed by atoms with van der Waals surface area (Å²) in [5.74, 6) is -0.288. The Labute approximate surface area is 133 Å². The van der Waals surface area contributed by atoms with Gasteiger partial charge in [-0.1, -0.05) is 6.07 Å². The van der Waals surface area contributed by atoms with Crippen molar-refractivity contribution in [2.45, 2.75) is 5.54 Å². The number of aromatic nitrogens is 3. The van der Waals surface area contributed by atoms with Crippen LogP contribution >= 0.6 is 0 Å². The van der Waals surface area contributed by atoms with Crippen molar-refractivity contribution in [2.24, 2.45) is 0 Å². The minimum atomic E-state index is -0.634. The number of nitrogens with one attached hydrogen (secondary N) is 3. The van der Waals surface area contributed by atoms with E-state index in [4.69, 9.17) is 4.74 Å². The number of rotatable bonds is 5. The van der Waals surface area contributed by atoms with Crippen molar-refractivity contribution in [1.29, 1.82) is 0 Å². The predicted octanol–water partition coefficient (Wildman–Crippen LogP) is -0.448. The lowest BCUT2D eigenvalue weighted by Gasteiger charge is -2.36. The van der Waals surface area contributed by atoms with Gasteiger partial charge in [-0.25, -0.2) is 0 Å². The number of nitrogens with zero attached hydrogens (tertiary/aromatic N) is 2. The highest BCUT2D eigenvalue weighted by Crippen LogP contribution is 2.16. The van der Waals surface area contributed by atoms with Gasteiger partial charge in [0.1, 0.15) is 5.69 Å². The standard InChI is InChI=1S/C15H19N5O3/c21-9-15(10-23-4-3-18-15)8-17-14(22)13-2-1-11(5-16-13)12-6-19-20-7-12/h1-2,5-7,18,21H,3-4,8-10H2,(H,17,22)(H,19,20). The molecular weight excluding hydrogens is 298 g/mol. The van der Waals surface area contributed by atoms with Gasteiger partial charge < -0.3 is 20.5 Å². The zero-order valence-corrected chi connectivity index (χ0v) is 12.6. The van der Waals surface area contributed by atoms with E-state index in [1.165, 1.54) is 0 Å². The van der Waals surface area contributed by atoms with E-state index in [0.29, 0.717) is 25.5 Å². The summed E-state index contributed by atoms with van der Waals surface area (Å²) in [4.78, 5) is 16.4. The van der Waals surface area contributed by atoms with Gasteiger partial charge in [0, 0.05) is 36.6 Å². The van der Waals surface area contributed by atoms with Crippen LogP contribution in [0.5, 0.6) is 0 Å². The molecule has 1 aliphatic heterocycles. The van der Waals surface area contributed by atoms with Crippen LogP contribution in [0.3, 0.4) is 0 Å². The fourth-order valence-corrected chi connectivity index (χ4v) is 2.43. The molecule has 1 aliphatic rings. The monoisotopic (exact) mass is 317 g/mol. The van der Waals surface area contributed by atoms with Gasteiger partial charge in [-0.2, -0.15) is 5.10 Å². The van der Waals surface area contributed by atoms with Crippen LogP contribution in [0.2, 0.25) is 0 Å². The van der Waals surface area contributed by atoms with Crippen LogP contribution in [-0.4, -0.2) is 64.6 Å². The molecule has 0 bridgehead atoms. The predicted molar refractivity (Wildman–Crippen MR) is 82.8 cm³/mol. The minimum absolute atomic E-state index is 0.111. The van der Waals surface area contributed by atoms with E-state index in [-0.39, 0.29) is 19.1 Å². The molecule has 0 aromatic carbocycles. The maximum Gasteiger partial charge on any atom is 0.269 e. The SMILES string of the molecule is O=C(NCC1(CO)COCCN1)c1ccc(-c2cn[nH]c2)cn1. The largest absolute Gasteiger partial charge is 0.394 e. The summed E-state index contributed by atoms with van der Waals surface area (Å²) in [5, 5.41) is 22.2. The fraction of sp³-hybridized carbons (Fsp3) is 0.400. The molecule has 1 amide bonds. The van der Waals surface area contributed by atoms with Crippen molar-refractivity contribution >= 4 is 5.91 Å². The maximum absolute atomic E-state index is 12.2. The van der Waals surface area contributed by atoms with E-state index in [9.17, 15) is 9.90 Å². The van der Waals surface area contributed by atoms with Crippen molar-refractivity contribution < 1.29 is 14.6 Å². The summed E-state index contributed by atoms with van der Waals surface area (Å²) >= 11 is 0. The topological polar surface area (TPSA) is 112 Å². The van der Waals surface area contributed by atoms with Crippen LogP contribution in [-0.2, 0) is 4.74 Å². The Morgan fingerprint density at radius 3 is 2.91 bits per heavy atom. The van der Waals surface area contributed by atoms with E-state index < -0.39 is 5.54 Å². The molecule has 1 fully saturated rings. The number of amides is 1. The molecule has 1 saturated heterocycles. The lowest BCUT2D eigenvalue weighted by atomic mass is 10.0. The number of pyridine rings is 1. The number of morpholine rings is 1. The van der Waals surface area contributed by atoms with Gasteiger partial charge in [0.25, 0.3) is 5.91 Å². The van der Waals surface area contributed by atoms with Gasteiger partial charge in [0.2, 0.25) is 0 Å². The van der Waals surface area contributed by atoms with Crippen LogP contribution in [0.15, 0.2) is 30.7 Å². The van der Waals surface area contributed by atoms with E-state index in [1.807, 2.05) is 6.07 Å². The number of hydrogen-bond acceptors (Lipinski definition) is 6. The summed E-state index contributed by atoms with van der Waals surface area (Å²) in [6.45, 7) is 1.77. The molecule has 0 saturated carbocycles. The number of aromatic amines is 1. The number of aliphatic hydroxyl groups excluding tert-OH is 1. The van der Waals surface area contributed by atoms with Gasteiger partial charge in [-0.15, -0.1) is 0 Å². The maximum atomic E-state index is 12.2. The normalized spacial score (nSPS) is 21.1. The molecule has 0 spiro atoms. The molecule has 2 aromatic rings. The molecule has 2 aromatic heterocycles. The molecular formula is C15H19N5O3. The third-order valence-corrected chi connectivity index (χ3v) is 3.84. The number of carbonyl (C=O) groups excluding carboxylic acids is 1. The first-order chi connectivity index (χ1) is 11.2. The van der Waals surface area contributed by atoms with Gasteiger partial charge in [-0.3, -0.25) is 14.9 Å². The third kappa shape index (κ3) is 3.55. The van der Waals surface area contributed by atoms with E-state index >= 15 is 0 Å². The molecule has 0 radical (unpaired) electrons. The first-order valence-electron chi connectivity index (χ1n) is 7.39. The number of hydrogen-bond donors (Lipinski definition) is 4. The third-order valence-electron chi connectivity index (χ3n) is 3.84. The summed E-state index contributed by atoms with van der Waals surface area (Å²) in [5.41, 5.74) is 1.48. The Morgan fingerprint density at radius 1 is 1.39 bits per heavy atom.